The van der Waals surface area contributed by atoms with E-state index in [9.17, 15) is 19.5 Å². The summed E-state index contributed by atoms with van der Waals surface area (Å²) in [6, 6.07) is 12.0. The SMILES string of the molecule is COC1C=C(CNC(=O)CCCC/C=C/C(C)C)C=CC1OC(=O)OCc1ccc(OC(=O)[C@@H](N)Cc2ccc(O)cc2)cc1. The van der Waals surface area contributed by atoms with Crippen LogP contribution in [-0.4, -0.2) is 55.0 Å². The third-order valence-electron chi connectivity index (χ3n) is 6.94. The molecule has 1 aliphatic rings. The number of amides is 1. The number of carbonyl (C=O) groups is 3. The van der Waals surface area contributed by atoms with E-state index in [-0.39, 0.29) is 24.7 Å². The van der Waals surface area contributed by atoms with Gasteiger partial charge in [0.15, 0.2) is 6.10 Å². The molecule has 0 aromatic heterocycles. The summed E-state index contributed by atoms with van der Waals surface area (Å²) < 4.78 is 21.5. The van der Waals surface area contributed by atoms with E-state index in [0.717, 1.165) is 30.4 Å². The predicted octanol–water partition coefficient (Wildman–Crippen LogP) is 5.29. The van der Waals surface area contributed by atoms with Gasteiger partial charge in [-0.25, -0.2) is 9.59 Å². The predicted molar refractivity (Wildman–Crippen MR) is 170 cm³/mol. The first-order chi connectivity index (χ1) is 21.6. The monoisotopic (exact) mass is 620 g/mol. The van der Waals surface area contributed by atoms with Crippen molar-refractivity contribution in [1.29, 1.82) is 0 Å². The lowest BCUT2D eigenvalue weighted by Gasteiger charge is -2.24. The molecule has 3 atom stereocenters. The smallest absolute Gasteiger partial charge is 0.508 e. The van der Waals surface area contributed by atoms with Crippen LogP contribution in [0.4, 0.5) is 4.79 Å². The maximum Gasteiger partial charge on any atom is 0.509 e. The quantitative estimate of drug-likeness (QED) is 0.0986. The number of carbonyl (C=O) groups excluding carboxylic acids is 3. The molecular weight excluding hydrogens is 576 g/mol. The lowest BCUT2D eigenvalue weighted by atomic mass is 10.0. The molecule has 0 spiro atoms. The van der Waals surface area contributed by atoms with E-state index in [1.54, 1.807) is 48.6 Å². The van der Waals surface area contributed by atoms with E-state index in [1.165, 1.54) is 19.2 Å². The average molecular weight is 621 g/mol. The zero-order chi connectivity index (χ0) is 32.6. The minimum atomic E-state index is -0.876. The first-order valence-corrected chi connectivity index (χ1v) is 15.2. The van der Waals surface area contributed by atoms with Gasteiger partial charge in [-0.05, 0) is 84.7 Å². The molecule has 0 saturated carbocycles. The summed E-state index contributed by atoms with van der Waals surface area (Å²) in [6.07, 6.45) is 11.1. The number of ether oxygens (including phenoxy) is 4. The number of aromatic hydroxyl groups is 1. The van der Waals surface area contributed by atoms with Gasteiger partial charge in [-0.15, -0.1) is 0 Å². The topological polar surface area (TPSA) is 146 Å². The third-order valence-corrected chi connectivity index (χ3v) is 6.94. The van der Waals surface area contributed by atoms with Crippen molar-refractivity contribution in [3.05, 3.63) is 95.6 Å². The summed E-state index contributed by atoms with van der Waals surface area (Å²) >= 11 is 0. The minimum Gasteiger partial charge on any atom is -0.508 e. The van der Waals surface area contributed by atoms with Crippen LogP contribution in [0.3, 0.4) is 0 Å². The van der Waals surface area contributed by atoms with Crippen LogP contribution in [-0.2, 0) is 36.8 Å². The first-order valence-electron chi connectivity index (χ1n) is 15.2. The van der Waals surface area contributed by atoms with E-state index in [1.807, 2.05) is 6.08 Å². The molecule has 1 aliphatic carbocycles. The van der Waals surface area contributed by atoms with E-state index in [0.29, 0.717) is 30.2 Å². The number of hydrogen-bond donors (Lipinski definition) is 3. The van der Waals surface area contributed by atoms with Crippen molar-refractivity contribution in [2.45, 2.75) is 70.8 Å². The number of rotatable bonds is 16. The highest BCUT2D eigenvalue weighted by molar-refractivity contribution is 5.78. The zero-order valence-electron chi connectivity index (χ0n) is 26.1. The number of unbranched alkanes of at least 4 members (excludes halogenated alkanes) is 2. The van der Waals surface area contributed by atoms with E-state index >= 15 is 0 Å². The second-order valence-corrected chi connectivity index (χ2v) is 11.2. The molecule has 0 radical (unpaired) electrons. The molecule has 242 valence electrons. The van der Waals surface area contributed by atoms with Gasteiger partial charge >= 0.3 is 12.1 Å². The molecule has 45 heavy (non-hydrogen) atoms. The molecule has 4 N–H and O–H groups in total. The Kier molecular flexibility index (Phi) is 14.3. The summed E-state index contributed by atoms with van der Waals surface area (Å²) in [7, 11) is 1.51. The fourth-order valence-electron chi connectivity index (χ4n) is 4.42. The molecule has 2 aromatic carbocycles. The van der Waals surface area contributed by atoms with Crippen molar-refractivity contribution < 1.29 is 38.4 Å². The summed E-state index contributed by atoms with van der Waals surface area (Å²) in [5, 5.41) is 12.3. The normalized spacial score (nSPS) is 16.7. The molecule has 1 amide bonds. The van der Waals surface area contributed by atoms with Crippen molar-refractivity contribution >= 4 is 18.0 Å². The number of phenolic OH excluding ortho intramolecular Hbond substituents is 1. The van der Waals surface area contributed by atoms with Crippen LogP contribution in [0.15, 0.2) is 84.5 Å². The van der Waals surface area contributed by atoms with Crippen molar-refractivity contribution in [1.82, 2.24) is 5.32 Å². The Morgan fingerprint density at radius 3 is 2.40 bits per heavy atom. The standard InChI is InChI=1S/C35H44N2O8/c1-24(2)8-6-4-5-7-9-33(39)37-22-27-14-19-31(32(21-27)42-3)45-35(41)43-23-26-12-17-29(18-13-26)44-34(40)30(36)20-25-10-15-28(38)16-11-25/h6,8,10-19,21,24,30-32,38H,4-5,7,9,20,22-23,36H2,1-3H3,(H,37,39)/b8-6+/t30-,31?,32?/m0/s1. The van der Waals surface area contributed by atoms with Gasteiger partial charge in [0.2, 0.25) is 5.91 Å². The Labute approximate surface area is 264 Å². The fourth-order valence-corrected chi connectivity index (χ4v) is 4.42. The average Bonchev–Trinajstić information content (AvgIpc) is 3.02. The maximum atomic E-state index is 12.4. The van der Waals surface area contributed by atoms with Gasteiger partial charge in [-0.3, -0.25) is 4.79 Å². The van der Waals surface area contributed by atoms with Crippen molar-refractivity contribution in [3.8, 4) is 11.5 Å². The highest BCUT2D eigenvalue weighted by Gasteiger charge is 2.25. The van der Waals surface area contributed by atoms with Gasteiger partial charge in [0.25, 0.3) is 0 Å². The van der Waals surface area contributed by atoms with Crippen molar-refractivity contribution in [2.24, 2.45) is 11.7 Å². The number of esters is 1. The summed E-state index contributed by atoms with van der Waals surface area (Å²) in [6.45, 7) is 4.58. The van der Waals surface area contributed by atoms with Crippen LogP contribution >= 0.6 is 0 Å². The number of methoxy groups -OCH3 is 1. The van der Waals surface area contributed by atoms with Gasteiger partial charge < -0.3 is 35.1 Å². The Hall–Kier alpha value is -4.41. The summed E-state index contributed by atoms with van der Waals surface area (Å²) in [4.78, 5) is 37.0. The Morgan fingerprint density at radius 1 is 1.00 bits per heavy atom. The van der Waals surface area contributed by atoms with Crippen LogP contribution < -0.4 is 15.8 Å². The second-order valence-electron chi connectivity index (χ2n) is 11.2. The number of nitrogens with two attached hydrogens (primary N) is 1. The van der Waals surface area contributed by atoms with E-state index in [4.69, 9.17) is 24.7 Å². The number of benzene rings is 2. The Bertz CT molecular complexity index is 1330. The molecule has 0 saturated heterocycles. The molecule has 2 aromatic rings. The van der Waals surface area contributed by atoms with Gasteiger partial charge in [0.1, 0.15) is 30.3 Å². The second kappa shape index (κ2) is 18.4. The Morgan fingerprint density at radius 2 is 1.71 bits per heavy atom. The number of phenols is 1. The summed E-state index contributed by atoms with van der Waals surface area (Å²) in [5.74, 6) is 0.375. The minimum absolute atomic E-state index is 0.00607. The molecule has 3 rings (SSSR count). The zero-order valence-corrected chi connectivity index (χ0v) is 26.1. The molecule has 2 unspecified atom stereocenters. The molecule has 0 fully saturated rings. The third kappa shape index (κ3) is 13.0. The number of allylic oxidation sites excluding steroid dienone is 2. The van der Waals surface area contributed by atoms with Gasteiger partial charge in [0.05, 0.1) is 0 Å². The lowest BCUT2D eigenvalue weighted by Crippen LogP contribution is -2.36. The number of hydrogen-bond acceptors (Lipinski definition) is 9. The molecule has 0 heterocycles. The van der Waals surface area contributed by atoms with Crippen LogP contribution in [0, 0.1) is 5.92 Å². The van der Waals surface area contributed by atoms with Crippen LogP contribution in [0.1, 0.15) is 50.7 Å². The first kappa shape index (κ1) is 35.1. The van der Waals surface area contributed by atoms with Crippen LogP contribution in [0.2, 0.25) is 0 Å². The number of nitrogens with one attached hydrogen (secondary N) is 1. The lowest BCUT2D eigenvalue weighted by molar-refractivity contribution is -0.135. The highest BCUT2D eigenvalue weighted by atomic mass is 16.7. The molecule has 0 bridgehead atoms. The van der Waals surface area contributed by atoms with Gasteiger partial charge in [-0.1, -0.05) is 56.3 Å². The van der Waals surface area contributed by atoms with Crippen LogP contribution in [0.25, 0.3) is 0 Å². The van der Waals surface area contributed by atoms with E-state index in [2.05, 4.69) is 31.3 Å². The summed E-state index contributed by atoms with van der Waals surface area (Å²) in [5.41, 5.74) is 8.28. The molecular formula is C35H44N2O8. The van der Waals surface area contributed by atoms with Gasteiger partial charge in [0, 0.05) is 20.1 Å². The largest absolute Gasteiger partial charge is 0.509 e. The maximum absolute atomic E-state index is 12.4. The molecule has 0 aliphatic heterocycles. The Balaban J connectivity index is 1.36. The molecule has 10 nitrogen and oxygen atoms in total. The molecule has 10 heteroatoms. The fraction of sp³-hybridized carbons (Fsp3) is 0.400. The van der Waals surface area contributed by atoms with Crippen molar-refractivity contribution in [3.63, 3.8) is 0 Å². The van der Waals surface area contributed by atoms with Crippen LogP contribution in [0.5, 0.6) is 11.5 Å². The van der Waals surface area contributed by atoms with Crippen molar-refractivity contribution in [2.75, 3.05) is 13.7 Å². The van der Waals surface area contributed by atoms with Gasteiger partial charge in [-0.2, -0.15) is 0 Å². The highest BCUT2D eigenvalue weighted by Crippen LogP contribution is 2.19. The van der Waals surface area contributed by atoms with E-state index < -0.39 is 30.4 Å².